The summed E-state index contributed by atoms with van der Waals surface area (Å²) in [4.78, 5) is 34.3. The molecule has 3 aliphatic heterocycles. The Morgan fingerprint density at radius 2 is 1.85 bits per heavy atom. The standard InChI is InChI=1S/C26H32ClN5O2/c1-29-24-17-19(8-9-22(24)32-11-3-2-7-23(32)26(29)34)25(33)28-10-12-30-13-15-31(16-14-30)21-6-4-5-20(27)18-21/h4-6,8-9,17-18,23H,2-3,7,10-16H2,1H3,(H,28,33)/t23-/m0/s1. The first-order valence-corrected chi connectivity index (χ1v) is 12.6. The second-order valence-electron chi connectivity index (χ2n) is 9.37. The lowest BCUT2D eigenvalue weighted by Gasteiger charge is -2.44. The average molecular weight is 482 g/mol. The van der Waals surface area contributed by atoms with Gasteiger partial charge in [-0.25, -0.2) is 0 Å². The van der Waals surface area contributed by atoms with Crippen molar-refractivity contribution < 1.29 is 9.59 Å². The smallest absolute Gasteiger partial charge is 0.251 e. The second kappa shape index (κ2) is 9.84. The molecule has 2 aromatic rings. The van der Waals surface area contributed by atoms with Crippen molar-refractivity contribution in [2.45, 2.75) is 25.3 Å². The molecule has 0 bridgehead atoms. The molecule has 7 nitrogen and oxygen atoms in total. The third-order valence-corrected chi connectivity index (χ3v) is 7.52. The quantitative estimate of drug-likeness (QED) is 0.710. The molecule has 0 radical (unpaired) electrons. The topological polar surface area (TPSA) is 59.1 Å². The molecular weight excluding hydrogens is 450 g/mol. The van der Waals surface area contributed by atoms with Crippen LogP contribution in [0.25, 0.3) is 0 Å². The molecule has 180 valence electrons. The van der Waals surface area contributed by atoms with Crippen LogP contribution in [-0.2, 0) is 4.79 Å². The van der Waals surface area contributed by atoms with Crippen molar-refractivity contribution in [1.29, 1.82) is 0 Å². The highest BCUT2D eigenvalue weighted by molar-refractivity contribution is 6.30. The van der Waals surface area contributed by atoms with E-state index in [1.54, 1.807) is 4.90 Å². The summed E-state index contributed by atoms with van der Waals surface area (Å²) in [5.74, 6) is 0.0312. The molecule has 1 atom stereocenters. The van der Waals surface area contributed by atoms with Crippen LogP contribution in [-0.4, -0.2) is 75.6 Å². The molecular formula is C26H32ClN5O2. The van der Waals surface area contributed by atoms with Crippen LogP contribution in [0.5, 0.6) is 0 Å². The summed E-state index contributed by atoms with van der Waals surface area (Å²) in [6.45, 7) is 6.08. The maximum Gasteiger partial charge on any atom is 0.251 e. The van der Waals surface area contributed by atoms with Gasteiger partial charge in [0.15, 0.2) is 0 Å². The number of hydrogen-bond donors (Lipinski definition) is 1. The summed E-state index contributed by atoms with van der Waals surface area (Å²) in [5, 5.41) is 3.82. The van der Waals surface area contributed by atoms with Crippen LogP contribution in [0.15, 0.2) is 42.5 Å². The van der Waals surface area contributed by atoms with Crippen LogP contribution in [0.3, 0.4) is 0 Å². The van der Waals surface area contributed by atoms with Crippen molar-refractivity contribution in [3.8, 4) is 0 Å². The van der Waals surface area contributed by atoms with Crippen LogP contribution < -0.4 is 20.0 Å². The Labute approximate surface area is 206 Å². The zero-order valence-electron chi connectivity index (χ0n) is 19.7. The van der Waals surface area contributed by atoms with Crippen molar-refractivity contribution in [3.63, 3.8) is 0 Å². The van der Waals surface area contributed by atoms with Gasteiger partial charge >= 0.3 is 0 Å². The Hall–Kier alpha value is -2.77. The van der Waals surface area contributed by atoms with Crippen molar-refractivity contribution in [2.75, 3.05) is 67.6 Å². The van der Waals surface area contributed by atoms with E-state index in [-0.39, 0.29) is 17.9 Å². The fraction of sp³-hybridized carbons (Fsp3) is 0.462. The van der Waals surface area contributed by atoms with Gasteiger partial charge in [-0.1, -0.05) is 17.7 Å². The van der Waals surface area contributed by atoms with Gasteiger partial charge in [0.05, 0.1) is 11.4 Å². The number of carbonyl (C=O) groups is 2. The average Bonchev–Trinajstić information content (AvgIpc) is 2.87. The lowest BCUT2D eigenvalue weighted by molar-refractivity contribution is -0.120. The van der Waals surface area contributed by atoms with Crippen molar-refractivity contribution in [1.82, 2.24) is 10.2 Å². The van der Waals surface area contributed by atoms with Gasteiger partial charge in [0.2, 0.25) is 5.91 Å². The Morgan fingerprint density at radius 1 is 1.03 bits per heavy atom. The number of benzene rings is 2. The Kier molecular flexibility index (Phi) is 6.66. The van der Waals surface area contributed by atoms with Gasteiger partial charge in [0, 0.05) is 69.1 Å². The fourth-order valence-electron chi connectivity index (χ4n) is 5.33. The molecule has 0 spiro atoms. The van der Waals surface area contributed by atoms with E-state index in [1.807, 2.05) is 43.4 Å². The minimum Gasteiger partial charge on any atom is -0.369 e. The number of hydrogen-bond acceptors (Lipinski definition) is 5. The van der Waals surface area contributed by atoms with Crippen molar-refractivity contribution in [2.24, 2.45) is 0 Å². The van der Waals surface area contributed by atoms with Gasteiger partial charge in [-0.05, 0) is 55.7 Å². The summed E-state index contributed by atoms with van der Waals surface area (Å²) >= 11 is 6.13. The summed E-state index contributed by atoms with van der Waals surface area (Å²) in [7, 11) is 1.82. The van der Waals surface area contributed by atoms with E-state index in [2.05, 4.69) is 26.1 Å². The fourth-order valence-corrected chi connectivity index (χ4v) is 5.51. The van der Waals surface area contributed by atoms with E-state index < -0.39 is 0 Å². The number of piperidine rings is 1. The first-order chi connectivity index (χ1) is 16.5. The maximum atomic E-state index is 12.8. The van der Waals surface area contributed by atoms with Crippen molar-refractivity contribution >= 4 is 40.5 Å². The predicted molar refractivity (Wildman–Crippen MR) is 137 cm³/mol. The van der Waals surface area contributed by atoms with Crippen LogP contribution in [0.2, 0.25) is 5.02 Å². The second-order valence-corrected chi connectivity index (χ2v) is 9.81. The number of anilines is 3. The van der Waals surface area contributed by atoms with Gasteiger partial charge in [-0.15, -0.1) is 0 Å². The van der Waals surface area contributed by atoms with Crippen LogP contribution in [0.4, 0.5) is 17.1 Å². The minimum atomic E-state index is -0.0954. The normalized spacial score (nSPS) is 20.7. The summed E-state index contributed by atoms with van der Waals surface area (Å²) in [5.41, 5.74) is 3.64. The molecule has 1 N–H and O–H groups in total. The van der Waals surface area contributed by atoms with Crippen molar-refractivity contribution in [3.05, 3.63) is 53.1 Å². The number of fused-ring (bicyclic) bond motifs is 3. The number of nitrogens with zero attached hydrogens (tertiary/aromatic N) is 4. The third kappa shape index (κ3) is 4.59. The number of nitrogens with one attached hydrogen (secondary N) is 1. The highest BCUT2D eigenvalue weighted by Crippen LogP contribution is 2.39. The highest BCUT2D eigenvalue weighted by Gasteiger charge is 2.38. The van der Waals surface area contributed by atoms with E-state index in [9.17, 15) is 9.59 Å². The van der Waals surface area contributed by atoms with Gasteiger partial charge in [-0.3, -0.25) is 14.5 Å². The van der Waals surface area contributed by atoms with E-state index in [0.717, 1.165) is 80.6 Å². The Morgan fingerprint density at radius 3 is 2.65 bits per heavy atom. The van der Waals surface area contributed by atoms with Gasteiger partial charge < -0.3 is 20.0 Å². The monoisotopic (exact) mass is 481 g/mol. The number of likely N-dealkylation sites (N-methyl/N-ethyl adjacent to an activating group) is 1. The van der Waals surface area contributed by atoms with E-state index in [0.29, 0.717) is 12.1 Å². The Bertz CT molecular complexity index is 1070. The van der Waals surface area contributed by atoms with Gasteiger partial charge in [-0.2, -0.15) is 0 Å². The third-order valence-electron chi connectivity index (χ3n) is 7.29. The SMILES string of the molecule is CN1C(=O)[C@@H]2CCCCN2c2ccc(C(=O)NCCN3CCN(c4cccc(Cl)c4)CC3)cc21. The van der Waals surface area contributed by atoms with Crippen LogP contribution in [0, 0.1) is 0 Å². The summed E-state index contributed by atoms with van der Waals surface area (Å²) < 4.78 is 0. The highest BCUT2D eigenvalue weighted by atomic mass is 35.5. The molecule has 5 rings (SSSR count). The molecule has 0 aromatic heterocycles. The molecule has 34 heavy (non-hydrogen) atoms. The minimum absolute atomic E-state index is 0.0646. The van der Waals surface area contributed by atoms with E-state index in [1.165, 1.54) is 0 Å². The molecule has 8 heteroatoms. The molecule has 3 heterocycles. The maximum absolute atomic E-state index is 12.8. The molecule has 2 aromatic carbocycles. The molecule has 2 fully saturated rings. The first kappa shape index (κ1) is 23.0. The molecule has 2 saturated heterocycles. The number of piperazine rings is 1. The lowest BCUT2D eigenvalue weighted by Crippen LogP contribution is -2.54. The number of rotatable bonds is 5. The Balaban J connectivity index is 1.14. The molecule has 0 saturated carbocycles. The summed E-state index contributed by atoms with van der Waals surface area (Å²) in [6.07, 6.45) is 3.09. The lowest BCUT2D eigenvalue weighted by atomic mass is 9.96. The zero-order chi connectivity index (χ0) is 23.7. The molecule has 0 unspecified atom stereocenters. The van der Waals surface area contributed by atoms with E-state index >= 15 is 0 Å². The first-order valence-electron chi connectivity index (χ1n) is 12.2. The number of halogens is 1. The number of carbonyl (C=O) groups excluding carboxylic acids is 2. The summed E-state index contributed by atoms with van der Waals surface area (Å²) in [6, 6.07) is 13.7. The zero-order valence-corrected chi connectivity index (χ0v) is 20.4. The molecule has 3 aliphatic rings. The van der Waals surface area contributed by atoms with Gasteiger partial charge in [0.1, 0.15) is 6.04 Å². The largest absolute Gasteiger partial charge is 0.369 e. The number of amides is 2. The van der Waals surface area contributed by atoms with E-state index in [4.69, 9.17) is 11.6 Å². The van der Waals surface area contributed by atoms with Crippen LogP contribution >= 0.6 is 11.6 Å². The van der Waals surface area contributed by atoms with Crippen LogP contribution in [0.1, 0.15) is 29.6 Å². The molecule has 2 amide bonds. The van der Waals surface area contributed by atoms with Gasteiger partial charge in [0.25, 0.3) is 5.91 Å². The molecule has 0 aliphatic carbocycles. The predicted octanol–water partition coefficient (Wildman–Crippen LogP) is 3.23.